The Morgan fingerprint density at radius 3 is 2.63 bits per heavy atom. The Labute approximate surface area is 120 Å². The number of aromatic nitrogens is 1. The van der Waals surface area contributed by atoms with Crippen LogP contribution in [-0.4, -0.2) is 19.2 Å². The Morgan fingerprint density at radius 1 is 1.16 bits per heavy atom. The van der Waals surface area contributed by atoms with Crippen molar-refractivity contribution in [1.82, 2.24) is 4.98 Å². The van der Waals surface area contributed by atoms with Crippen LogP contribution in [0.3, 0.4) is 0 Å². The fraction of sp³-hybridized carbons (Fsp3) is 0.214. The molecule has 0 atom stereocenters. The molecule has 4 nitrogen and oxygen atoms in total. The molecule has 1 N–H and O–H groups in total. The minimum absolute atomic E-state index is 0.663. The molecule has 0 saturated heterocycles. The van der Waals surface area contributed by atoms with Crippen LogP contribution in [0, 0.1) is 0 Å². The fourth-order valence-electron chi connectivity index (χ4n) is 1.69. The molecule has 5 heteroatoms. The van der Waals surface area contributed by atoms with E-state index in [-0.39, 0.29) is 0 Å². The van der Waals surface area contributed by atoms with E-state index in [9.17, 15) is 0 Å². The average molecular weight is 323 g/mol. The lowest BCUT2D eigenvalue weighted by atomic mass is 10.2. The summed E-state index contributed by atoms with van der Waals surface area (Å²) < 4.78 is 11.4. The predicted molar refractivity (Wildman–Crippen MR) is 78.8 cm³/mol. The molecule has 1 aromatic heterocycles. The van der Waals surface area contributed by atoms with Crippen LogP contribution < -0.4 is 14.8 Å². The number of benzene rings is 1. The molecule has 1 heterocycles. The zero-order valence-corrected chi connectivity index (χ0v) is 12.4. The molecule has 0 amide bonds. The molecule has 2 aromatic rings. The summed E-state index contributed by atoms with van der Waals surface area (Å²) in [4.78, 5) is 4.26. The molecular formula is C14H15BrN2O2. The van der Waals surface area contributed by atoms with Gasteiger partial charge in [-0.15, -0.1) is 0 Å². The van der Waals surface area contributed by atoms with Gasteiger partial charge in [-0.25, -0.2) is 4.98 Å². The highest BCUT2D eigenvalue weighted by atomic mass is 79.9. The molecule has 0 bridgehead atoms. The second-order valence-electron chi connectivity index (χ2n) is 3.88. The summed E-state index contributed by atoms with van der Waals surface area (Å²) in [6.07, 6.45) is 1.75. The number of nitrogens with zero attached hydrogens (tertiary/aromatic N) is 1. The van der Waals surface area contributed by atoms with E-state index in [4.69, 9.17) is 9.47 Å². The van der Waals surface area contributed by atoms with Gasteiger partial charge >= 0.3 is 0 Å². The van der Waals surface area contributed by atoms with Crippen LogP contribution in [0.1, 0.15) is 5.56 Å². The number of methoxy groups -OCH3 is 2. The number of halogens is 1. The first-order valence-corrected chi connectivity index (χ1v) is 6.59. The smallest absolute Gasteiger partial charge is 0.161 e. The Hall–Kier alpha value is -1.75. The van der Waals surface area contributed by atoms with Gasteiger partial charge < -0.3 is 14.8 Å². The molecule has 2 rings (SSSR count). The van der Waals surface area contributed by atoms with Crippen molar-refractivity contribution in [1.29, 1.82) is 0 Å². The van der Waals surface area contributed by atoms with Crippen LogP contribution in [0.5, 0.6) is 11.5 Å². The standard InChI is InChI=1S/C14H15BrN2O2/c1-18-12-6-5-10(8-13(12)19-2)9-17-14-11(15)4-3-7-16-14/h3-8H,9H2,1-2H3,(H,16,17). The zero-order chi connectivity index (χ0) is 13.7. The third kappa shape index (κ3) is 3.38. The second-order valence-corrected chi connectivity index (χ2v) is 4.73. The van der Waals surface area contributed by atoms with Crippen molar-refractivity contribution >= 4 is 21.7 Å². The number of rotatable bonds is 5. The molecule has 0 spiro atoms. The fourth-order valence-corrected chi connectivity index (χ4v) is 2.09. The summed E-state index contributed by atoms with van der Waals surface area (Å²) in [6, 6.07) is 9.66. The number of nitrogens with one attached hydrogen (secondary N) is 1. The maximum Gasteiger partial charge on any atom is 0.161 e. The van der Waals surface area contributed by atoms with E-state index in [1.54, 1.807) is 20.4 Å². The lowest BCUT2D eigenvalue weighted by molar-refractivity contribution is 0.354. The van der Waals surface area contributed by atoms with Crippen molar-refractivity contribution in [3.8, 4) is 11.5 Å². The van der Waals surface area contributed by atoms with Gasteiger partial charge in [-0.3, -0.25) is 0 Å². The molecule has 0 saturated carbocycles. The van der Waals surface area contributed by atoms with Gasteiger partial charge in [0.15, 0.2) is 11.5 Å². The summed E-state index contributed by atoms with van der Waals surface area (Å²) in [7, 11) is 3.26. The quantitative estimate of drug-likeness (QED) is 0.915. The van der Waals surface area contributed by atoms with Gasteiger partial charge in [-0.2, -0.15) is 0 Å². The third-order valence-corrected chi connectivity index (χ3v) is 3.31. The minimum Gasteiger partial charge on any atom is -0.493 e. The van der Waals surface area contributed by atoms with E-state index < -0.39 is 0 Å². The van der Waals surface area contributed by atoms with Crippen LogP contribution >= 0.6 is 15.9 Å². The van der Waals surface area contributed by atoms with Gasteiger partial charge in [0.1, 0.15) is 5.82 Å². The summed E-state index contributed by atoms with van der Waals surface area (Å²) >= 11 is 3.45. The van der Waals surface area contributed by atoms with E-state index in [0.29, 0.717) is 6.54 Å². The highest BCUT2D eigenvalue weighted by molar-refractivity contribution is 9.10. The van der Waals surface area contributed by atoms with E-state index in [0.717, 1.165) is 27.4 Å². The van der Waals surface area contributed by atoms with Gasteiger partial charge in [0.25, 0.3) is 0 Å². The predicted octanol–water partition coefficient (Wildman–Crippen LogP) is 3.47. The van der Waals surface area contributed by atoms with Crippen LogP contribution in [0.2, 0.25) is 0 Å². The molecule has 19 heavy (non-hydrogen) atoms. The topological polar surface area (TPSA) is 43.4 Å². The van der Waals surface area contributed by atoms with Crippen molar-refractivity contribution in [3.05, 3.63) is 46.6 Å². The highest BCUT2D eigenvalue weighted by Crippen LogP contribution is 2.28. The molecule has 0 aliphatic carbocycles. The van der Waals surface area contributed by atoms with Crippen molar-refractivity contribution in [2.45, 2.75) is 6.54 Å². The van der Waals surface area contributed by atoms with Gasteiger partial charge in [0.2, 0.25) is 0 Å². The van der Waals surface area contributed by atoms with Gasteiger partial charge in [-0.05, 0) is 45.8 Å². The molecule has 0 unspecified atom stereocenters. The van der Waals surface area contributed by atoms with Gasteiger partial charge in [-0.1, -0.05) is 6.07 Å². The molecule has 1 aromatic carbocycles. The summed E-state index contributed by atoms with van der Waals surface area (Å²) in [5.41, 5.74) is 1.09. The van der Waals surface area contributed by atoms with Crippen molar-refractivity contribution in [3.63, 3.8) is 0 Å². The zero-order valence-electron chi connectivity index (χ0n) is 10.8. The minimum atomic E-state index is 0.663. The average Bonchev–Trinajstić information content (AvgIpc) is 2.46. The number of anilines is 1. The van der Waals surface area contributed by atoms with E-state index in [1.807, 2.05) is 30.3 Å². The molecule has 0 radical (unpaired) electrons. The highest BCUT2D eigenvalue weighted by Gasteiger charge is 2.05. The third-order valence-electron chi connectivity index (χ3n) is 2.67. The first-order valence-electron chi connectivity index (χ1n) is 5.80. The van der Waals surface area contributed by atoms with Gasteiger partial charge in [0.05, 0.1) is 18.7 Å². The summed E-state index contributed by atoms with van der Waals surface area (Å²) in [5, 5.41) is 3.26. The van der Waals surface area contributed by atoms with Crippen LogP contribution in [-0.2, 0) is 6.54 Å². The molecule has 100 valence electrons. The van der Waals surface area contributed by atoms with E-state index in [2.05, 4.69) is 26.2 Å². The Bertz CT molecular complexity index is 561. The number of hydrogen-bond acceptors (Lipinski definition) is 4. The Balaban J connectivity index is 2.10. The van der Waals surface area contributed by atoms with Crippen molar-refractivity contribution in [2.75, 3.05) is 19.5 Å². The van der Waals surface area contributed by atoms with E-state index in [1.165, 1.54) is 0 Å². The van der Waals surface area contributed by atoms with Crippen LogP contribution in [0.15, 0.2) is 41.0 Å². The van der Waals surface area contributed by atoms with Crippen molar-refractivity contribution in [2.24, 2.45) is 0 Å². The molecular weight excluding hydrogens is 308 g/mol. The molecule has 0 fully saturated rings. The van der Waals surface area contributed by atoms with Crippen molar-refractivity contribution < 1.29 is 9.47 Å². The monoisotopic (exact) mass is 322 g/mol. The molecule has 0 aliphatic heterocycles. The van der Waals surface area contributed by atoms with Crippen LogP contribution in [0.25, 0.3) is 0 Å². The van der Waals surface area contributed by atoms with Crippen LogP contribution in [0.4, 0.5) is 5.82 Å². The Kier molecular flexibility index (Phi) is 4.63. The molecule has 0 aliphatic rings. The summed E-state index contributed by atoms with van der Waals surface area (Å²) in [5.74, 6) is 2.27. The SMILES string of the molecule is COc1ccc(CNc2ncccc2Br)cc1OC. The normalized spacial score (nSPS) is 10.1. The lowest BCUT2D eigenvalue weighted by Gasteiger charge is -2.11. The van der Waals surface area contributed by atoms with E-state index >= 15 is 0 Å². The number of hydrogen-bond donors (Lipinski definition) is 1. The first kappa shape index (κ1) is 13.7. The summed E-state index contributed by atoms with van der Waals surface area (Å²) in [6.45, 7) is 0.663. The Morgan fingerprint density at radius 2 is 1.95 bits per heavy atom. The number of ether oxygens (including phenoxy) is 2. The largest absolute Gasteiger partial charge is 0.493 e. The maximum absolute atomic E-state index is 5.27. The van der Waals surface area contributed by atoms with Gasteiger partial charge in [0, 0.05) is 12.7 Å². The lowest BCUT2D eigenvalue weighted by Crippen LogP contribution is -2.02. The first-order chi connectivity index (χ1) is 9.24. The second kappa shape index (κ2) is 6.43. The maximum atomic E-state index is 5.27. The number of pyridine rings is 1.